The molecule has 1 saturated heterocycles. The van der Waals surface area contributed by atoms with Crippen molar-refractivity contribution in [3.63, 3.8) is 0 Å². The first-order valence-electron chi connectivity index (χ1n) is 5.68. The Morgan fingerprint density at radius 3 is 3.06 bits per heavy atom. The number of carbonyl (C=O) groups excluding carboxylic acids is 1. The molecule has 1 atom stereocenters. The number of anilines is 1. The summed E-state index contributed by atoms with van der Waals surface area (Å²) in [6.07, 6.45) is 0.768. The fourth-order valence-electron chi connectivity index (χ4n) is 2.20. The van der Waals surface area contributed by atoms with Crippen LogP contribution in [0.3, 0.4) is 0 Å². The molecule has 0 radical (unpaired) electrons. The van der Waals surface area contributed by atoms with Crippen molar-refractivity contribution in [2.45, 2.75) is 6.42 Å². The van der Waals surface area contributed by atoms with Crippen molar-refractivity contribution < 1.29 is 9.53 Å². The molecule has 5 heteroatoms. The molecule has 2 rings (SSSR count). The van der Waals surface area contributed by atoms with Crippen LogP contribution in [0.1, 0.15) is 12.0 Å². The SMILES string of the molecule is COC(=O)C1CCN(c2cc(Br)ccc2C#N)C1. The average molecular weight is 309 g/mol. The van der Waals surface area contributed by atoms with E-state index in [-0.39, 0.29) is 11.9 Å². The smallest absolute Gasteiger partial charge is 0.310 e. The minimum atomic E-state index is -0.175. The summed E-state index contributed by atoms with van der Waals surface area (Å²) in [4.78, 5) is 13.5. The molecule has 1 fully saturated rings. The highest BCUT2D eigenvalue weighted by molar-refractivity contribution is 9.10. The van der Waals surface area contributed by atoms with E-state index in [1.807, 2.05) is 12.1 Å². The maximum atomic E-state index is 11.5. The molecule has 4 nitrogen and oxygen atoms in total. The van der Waals surface area contributed by atoms with Gasteiger partial charge in [-0.1, -0.05) is 15.9 Å². The number of halogens is 1. The van der Waals surface area contributed by atoms with E-state index in [1.165, 1.54) is 7.11 Å². The van der Waals surface area contributed by atoms with Crippen molar-refractivity contribution in [1.82, 2.24) is 0 Å². The molecule has 0 aliphatic carbocycles. The van der Waals surface area contributed by atoms with E-state index >= 15 is 0 Å². The normalized spacial score (nSPS) is 18.5. The maximum absolute atomic E-state index is 11.5. The molecule has 1 aromatic carbocycles. The first-order chi connectivity index (χ1) is 8.65. The first-order valence-corrected chi connectivity index (χ1v) is 6.47. The van der Waals surface area contributed by atoms with Crippen LogP contribution in [0.2, 0.25) is 0 Å². The molecule has 0 aromatic heterocycles. The molecular weight excluding hydrogens is 296 g/mol. The number of benzene rings is 1. The minimum absolute atomic E-state index is 0.0967. The molecular formula is C13H13BrN2O2. The Morgan fingerprint density at radius 1 is 1.61 bits per heavy atom. The van der Waals surface area contributed by atoms with Crippen molar-refractivity contribution in [3.8, 4) is 6.07 Å². The number of ether oxygens (including phenoxy) is 1. The summed E-state index contributed by atoms with van der Waals surface area (Å²) < 4.78 is 5.69. The molecule has 18 heavy (non-hydrogen) atoms. The standard InChI is InChI=1S/C13H13BrN2O2/c1-18-13(17)10-4-5-16(8-10)12-6-11(14)3-2-9(12)7-15/h2-3,6,10H,4-5,8H2,1H3. The van der Waals surface area contributed by atoms with Crippen LogP contribution < -0.4 is 4.90 Å². The molecule has 1 aliphatic rings. The molecule has 94 valence electrons. The lowest BCUT2D eigenvalue weighted by Crippen LogP contribution is -2.24. The van der Waals surface area contributed by atoms with Gasteiger partial charge in [0.1, 0.15) is 6.07 Å². The first kappa shape index (κ1) is 12.9. The molecule has 0 N–H and O–H groups in total. The highest BCUT2D eigenvalue weighted by Gasteiger charge is 2.30. The van der Waals surface area contributed by atoms with Gasteiger partial charge in [0.25, 0.3) is 0 Å². The third kappa shape index (κ3) is 2.49. The van der Waals surface area contributed by atoms with E-state index in [0.29, 0.717) is 12.1 Å². The number of hydrogen-bond acceptors (Lipinski definition) is 4. The van der Waals surface area contributed by atoms with Crippen LogP contribution >= 0.6 is 15.9 Å². The fraction of sp³-hybridized carbons (Fsp3) is 0.385. The Bertz CT molecular complexity index is 510. The van der Waals surface area contributed by atoms with Gasteiger partial charge in [-0.3, -0.25) is 4.79 Å². The summed E-state index contributed by atoms with van der Waals surface area (Å²) in [6, 6.07) is 7.72. The van der Waals surface area contributed by atoms with E-state index < -0.39 is 0 Å². The fourth-order valence-corrected chi connectivity index (χ4v) is 2.55. The molecule has 0 amide bonds. The van der Waals surface area contributed by atoms with E-state index in [2.05, 4.69) is 26.9 Å². The van der Waals surface area contributed by atoms with Crippen LogP contribution in [-0.2, 0) is 9.53 Å². The minimum Gasteiger partial charge on any atom is -0.469 e. The van der Waals surface area contributed by atoms with Crippen molar-refractivity contribution in [1.29, 1.82) is 5.26 Å². The van der Waals surface area contributed by atoms with Crippen molar-refractivity contribution >= 4 is 27.6 Å². The van der Waals surface area contributed by atoms with Gasteiger partial charge in [-0.2, -0.15) is 5.26 Å². The van der Waals surface area contributed by atoms with Gasteiger partial charge in [0, 0.05) is 17.6 Å². The number of esters is 1. The maximum Gasteiger partial charge on any atom is 0.310 e. The van der Waals surface area contributed by atoms with E-state index in [0.717, 1.165) is 23.1 Å². The van der Waals surface area contributed by atoms with Gasteiger partial charge in [-0.25, -0.2) is 0 Å². The van der Waals surface area contributed by atoms with Crippen LogP contribution in [-0.4, -0.2) is 26.2 Å². The van der Waals surface area contributed by atoms with E-state index in [9.17, 15) is 4.79 Å². The second-order valence-corrected chi connectivity index (χ2v) is 5.14. The van der Waals surface area contributed by atoms with Gasteiger partial charge in [0.2, 0.25) is 0 Å². The lowest BCUT2D eigenvalue weighted by molar-refractivity contribution is -0.144. The van der Waals surface area contributed by atoms with Crippen molar-refractivity contribution in [3.05, 3.63) is 28.2 Å². The number of methoxy groups -OCH3 is 1. The average Bonchev–Trinajstić information content (AvgIpc) is 2.87. The van der Waals surface area contributed by atoms with Crippen LogP contribution in [0.25, 0.3) is 0 Å². The van der Waals surface area contributed by atoms with Gasteiger partial charge < -0.3 is 9.64 Å². The monoisotopic (exact) mass is 308 g/mol. The Morgan fingerprint density at radius 2 is 2.39 bits per heavy atom. The zero-order chi connectivity index (χ0) is 13.1. The number of carbonyl (C=O) groups is 1. The summed E-state index contributed by atoms with van der Waals surface area (Å²) in [6.45, 7) is 1.38. The van der Waals surface area contributed by atoms with E-state index in [4.69, 9.17) is 10.00 Å². The Hall–Kier alpha value is -1.54. The lowest BCUT2D eigenvalue weighted by atomic mass is 10.1. The molecule has 1 aliphatic heterocycles. The quantitative estimate of drug-likeness (QED) is 0.787. The Balaban J connectivity index is 2.22. The predicted molar refractivity (Wildman–Crippen MR) is 71.2 cm³/mol. The molecule has 1 heterocycles. The Labute approximate surface area is 114 Å². The highest BCUT2D eigenvalue weighted by atomic mass is 79.9. The third-order valence-corrected chi connectivity index (χ3v) is 3.64. The second kappa shape index (κ2) is 5.40. The Kier molecular flexibility index (Phi) is 3.87. The lowest BCUT2D eigenvalue weighted by Gasteiger charge is -2.19. The van der Waals surface area contributed by atoms with Crippen molar-refractivity contribution in [2.75, 3.05) is 25.1 Å². The summed E-state index contributed by atoms with van der Waals surface area (Å²) in [5.41, 5.74) is 1.50. The summed E-state index contributed by atoms with van der Waals surface area (Å²) in [7, 11) is 1.41. The van der Waals surface area contributed by atoms with Crippen molar-refractivity contribution in [2.24, 2.45) is 5.92 Å². The van der Waals surface area contributed by atoms with E-state index in [1.54, 1.807) is 6.07 Å². The highest BCUT2D eigenvalue weighted by Crippen LogP contribution is 2.29. The summed E-state index contributed by atoms with van der Waals surface area (Å²) in [5, 5.41) is 9.11. The number of nitriles is 1. The number of nitrogens with zero attached hydrogens (tertiary/aromatic N) is 2. The second-order valence-electron chi connectivity index (χ2n) is 4.23. The molecule has 0 saturated carbocycles. The summed E-state index contributed by atoms with van der Waals surface area (Å²) in [5.74, 6) is -0.272. The van der Waals surface area contributed by atoms with Gasteiger partial charge in [-0.05, 0) is 24.6 Å². The third-order valence-electron chi connectivity index (χ3n) is 3.14. The van der Waals surface area contributed by atoms with Crippen LogP contribution in [0, 0.1) is 17.2 Å². The largest absolute Gasteiger partial charge is 0.469 e. The molecule has 1 aromatic rings. The number of hydrogen-bond donors (Lipinski definition) is 0. The topological polar surface area (TPSA) is 53.3 Å². The molecule has 0 bridgehead atoms. The molecule has 0 spiro atoms. The van der Waals surface area contributed by atoms with Gasteiger partial charge in [0.15, 0.2) is 0 Å². The zero-order valence-corrected chi connectivity index (χ0v) is 11.6. The number of rotatable bonds is 2. The van der Waals surface area contributed by atoms with Crippen LogP contribution in [0.15, 0.2) is 22.7 Å². The van der Waals surface area contributed by atoms with Gasteiger partial charge >= 0.3 is 5.97 Å². The van der Waals surface area contributed by atoms with Crippen LogP contribution in [0.4, 0.5) is 5.69 Å². The zero-order valence-electron chi connectivity index (χ0n) is 10.0. The molecule has 1 unspecified atom stereocenters. The van der Waals surface area contributed by atoms with Gasteiger partial charge in [-0.15, -0.1) is 0 Å². The van der Waals surface area contributed by atoms with Crippen LogP contribution in [0.5, 0.6) is 0 Å². The predicted octanol–water partition coefficient (Wildman–Crippen LogP) is 2.32. The summed E-state index contributed by atoms with van der Waals surface area (Å²) >= 11 is 3.40. The van der Waals surface area contributed by atoms with Gasteiger partial charge in [0.05, 0.1) is 24.3 Å².